The van der Waals surface area contributed by atoms with Crippen LogP contribution in [0.3, 0.4) is 0 Å². The Bertz CT molecular complexity index is 1160. The van der Waals surface area contributed by atoms with Crippen LogP contribution in [0.2, 0.25) is 0 Å². The lowest BCUT2D eigenvalue weighted by Crippen LogP contribution is -2.30. The van der Waals surface area contributed by atoms with Gasteiger partial charge in [0.15, 0.2) is 0 Å². The van der Waals surface area contributed by atoms with Gasteiger partial charge in [0.2, 0.25) is 0 Å². The lowest BCUT2D eigenvalue weighted by molar-refractivity contribution is 0.0136. The highest BCUT2D eigenvalue weighted by molar-refractivity contribution is 5.94. The third-order valence-electron chi connectivity index (χ3n) is 6.30. The molecule has 0 spiro atoms. The molecule has 1 aliphatic rings. The van der Waals surface area contributed by atoms with E-state index in [1.54, 1.807) is 38.4 Å². The molecule has 2 unspecified atom stereocenters. The molecule has 0 fully saturated rings. The van der Waals surface area contributed by atoms with Gasteiger partial charge in [-0.3, -0.25) is 4.79 Å². The van der Waals surface area contributed by atoms with Crippen molar-refractivity contribution in [2.24, 2.45) is 0 Å². The molecule has 4 rings (SSSR count). The van der Waals surface area contributed by atoms with Gasteiger partial charge in [-0.15, -0.1) is 0 Å². The van der Waals surface area contributed by atoms with E-state index >= 15 is 0 Å². The van der Waals surface area contributed by atoms with E-state index in [0.29, 0.717) is 11.1 Å². The summed E-state index contributed by atoms with van der Waals surface area (Å²) in [6.45, 7) is 0.336. The molecule has 3 aromatic carbocycles. The van der Waals surface area contributed by atoms with Crippen LogP contribution in [0.25, 0.3) is 11.1 Å². The highest BCUT2D eigenvalue weighted by atomic mass is 16.5. The zero-order chi connectivity index (χ0) is 24.9. The topological polar surface area (TPSA) is 99.1 Å². The van der Waals surface area contributed by atoms with Crippen LogP contribution in [0.5, 0.6) is 0 Å². The fraction of sp³-hybridized carbons (Fsp3) is 0.286. The molecular formula is C28H30N2O5. The van der Waals surface area contributed by atoms with Crippen molar-refractivity contribution in [3.8, 4) is 11.1 Å². The summed E-state index contributed by atoms with van der Waals surface area (Å²) < 4.78 is 5.49. The number of carbonyl (C=O) groups excluding carboxylic acids is 2. The van der Waals surface area contributed by atoms with Crippen molar-refractivity contribution in [1.82, 2.24) is 10.2 Å². The van der Waals surface area contributed by atoms with Crippen molar-refractivity contribution in [2.45, 2.75) is 24.5 Å². The summed E-state index contributed by atoms with van der Waals surface area (Å²) in [6.07, 6.45) is -2.76. The molecule has 7 heteroatoms. The highest BCUT2D eigenvalue weighted by Crippen LogP contribution is 2.44. The summed E-state index contributed by atoms with van der Waals surface area (Å²) in [5.41, 5.74) is 5.45. The van der Waals surface area contributed by atoms with Gasteiger partial charge in [-0.25, -0.2) is 4.79 Å². The SMILES string of the molecule is CN(C)C(=O)c1cccc(C(O)C(O)CCNC(=O)OCC2c3ccccc3-c3ccccc32)c1. The van der Waals surface area contributed by atoms with Gasteiger partial charge < -0.3 is 25.2 Å². The number of ether oxygens (including phenoxy) is 1. The summed E-state index contributed by atoms with van der Waals surface area (Å²) in [5.74, 6) is -0.219. The molecule has 0 heterocycles. The van der Waals surface area contributed by atoms with E-state index in [0.717, 1.165) is 22.3 Å². The normalized spacial score (nSPS) is 13.9. The van der Waals surface area contributed by atoms with E-state index in [2.05, 4.69) is 29.6 Å². The Labute approximate surface area is 205 Å². The van der Waals surface area contributed by atoms with Gasteiger partial charge in [0.1, 0.15) is 12.7 Å². The molecule has 1 aliphatic carbocycles. The minimum Gasteiger partial charge on any atom is -0.449 e. The fourth-order valence-corrected chi connectivity index (χ4v) is 4.47. The number of hydrogen-bond donors (Lipinski definition) is 3. The Morgan fingerprint density at radius 1 is 0.943 bits per heavy atom. The summed E-state index contributed by atoms with van der Waals surface area (Å²) in [6, 6.07) is 22.8. The van der Waals surface area contributed by atoms with Gasteiger partial charge in [-0.05, 0) is 46.4 Å². The molecule has 3 N–H and O–H groups in total. The lowest BCUT2D eigenvalue weighted by atomic mass is 9.98. The van der Waals surface area contributed by atoms with Gasteiger partial charge in [-0.1, -0.05) is 60.7 Å². The Hall–Kier alpha value is -3.68. The first-order valence-electron chi connectivity index (χ1n) is 11.6. The molecule has 35 heavy (non-hydrogen) atoms. The molecule has 3 aromatic rings. The summed E-state index contributed by atoms with van der Waals surface area (Å²) in [7, 11) is 3.30. The summed E-state index contributed by atoms with van der Waals surface area (Å²) in [4.78, 5) is 25.9. The number of aliphatic hydroxyl groups is 2. The zero-order valence-electron chi connectivity index (χ0n) is 19.8. The van der Waals surface area contributed by atoms with E-state index in [4.69, 9.17) is 4.74 Å². The molecule has 0 saturated carbocycles. The maximum absolute atomic E-state index is 12.3. The second-order valence-corrected chi connectivity index (χ2v) is 8.88. The average Bonchev–Trinajstić information content (AvgIpc) is 3.20. The van der Waals surface area contributed by atoms with E-state index in [-0.39, 0.29) is 31.4 Å². The van der Waals surface area contributed by atoms with Crippen LogP contribution in [0.15, 0.2) is 72.8 Å². The van der Waals surface area contributed by atoms with Gasteiger partial charge in [0.25, 0.3) is 5.91 Å². The van der Waals surface area contributed by atoms with Crippen LogP contribution in [-0.4, -0.2) is 60.5 Å². The lowest BCUT2D eigenvalue weighted by Gasteiger charge is -2.20. The van der Waals surface area contributed by atoms with Gasteiger partial charge in [0.05, 0.1) is 6.10 Å². The van der Waals surface area contributed by atoms with E-state index in [9.17, 15) is 19.8 Å². The Morgan fingerprint density at radius 2 is 1.57 bits per heavy atom. The molecule has 182 valence electrons. The molecular weight excluding hydrogens is 444 g/mol. The molecule has 0 radical (unpaired) electrons. The average molecular weight is 475 g/mol. The third-order valence-corrected chi connectivity index (χ3v) is 6.30. The molecule has 7 nitrogen and oxygen atoms in total. The molecule has 0 aromatic heterocycles. The highest BCUT2D eigenvalue weighted by Gasteiger charge is 2.29. The number of aliphatic hydroxyl groups excluding tert-OH is 2. The number of nitrogens with zero attached hydrogens (tertiary/aromatic N) is 1. The van der Waals surface area contributed by atoms with Crippen molar-refractivity contribution < 1.29 is 24.5 Å². The van der Waals surface area contributed by atoms with Crippen molar-refractivity contribution in [3.63, 3.8) is 0 Å². The quantitative estimate of drug-likeness (QED) is 0.462. The minimum absolute atomic E-state index is 0.0299. The number of benzene rings is 3. The van der Waals surface area contributed by atoms with Crippen LogP contribution in [0, 0.1) is 0 Å². The first-order valence-corrected chi connectivity index (χ1v) is 11.6. The summed E-state index contributed by atoms with van der Waals surface area (Å²) >= 11 is 0. The van der Waals surface area contributed by atoms with E-state index in [1.165, 1.54) is 4.90 Å². The van der Waals surface area contributed by atoms with E-state index in [1.807, 2.05) is 24.3 Å². The van der Waals surface area contributed by atoms with Crippen molar-refractivity contribution in [3.05, 3.63) is 95.1 Å². The molecule has 0 saturated heterocycles. The van der Waals surface area contributed by atoms with Crippen molar-refractivity contribution in [1.29, 1.82) is 0 Å². The van der Waals surface area contributed by atoms with Crippen LogP contribution in [0.4, 0.5) is 4.79 Å². The molecule has 0 bridgehead atoms. The number of nitrogens with one attached hydrogen (secondary N) is 1. The predicted octanol–water partition coefficient (Wildman–Crippen LogP) is 3.71. The Morgan fingerprint density at radius 3 is 2.20 bits per heavy atom. The van der Waals surface area contributed by atoms with Crippen LogP contribution in [0.1, 0.15) is 45.5 Å². The first-order chi connectivity index (χ1) is 16.9. The number of carbonyl (C=O) groups is 2. The molecule has 2 amide bonds. The molecule has 2 atom stereocenters. The Kier molecular flexibility index (Phi) is 7.48. The number of hydrogen-bond acceptors (Lipinski definition) is 5. The van der Waals surface area contributed by atoms with E-state index < -0.39 is 18.3 Å². The first kappa shape index (κ1) is 24.4. The second kappa shape index (κ2) is 10.7. The van der Waals surface area contributed by atoms with Gasteiger partial charge in [-0.2, -0.15) is 0 Å². The Balaban J connectivity index is 1.28. The number of rotatable bonds is 8. The number of fused-ring (bicyclic) bond motifs is 3. The second-order valence-electron chi connectivity index (χ2n) is 8.88. The van der Waals surface area contributed by atoms with Crippen molar-refractivity contribution in [2.75, 3.05) is 27.2 Å². The van der Waals surface area contributed by atoms with Crippen LogP contribution < -0.4 is 5.32 Å². The maximum atomic E-state index is 12.3. The largest absolute Gasteiger partial charge is 0.449 e. The monoisotopic (exact) mass is 474 g/mol. The third kappa shape index (κ3) is 5.37. The van der Waals surface area contributed by atoms with Gasteiger partial charge in [0, 0.05) is 32.1 Å². The standard InChI is InChI=1S/C28H30N2O5/c1-30(2)27(33)19-9-7-8-18(16-19)26(32)25(31)14-15-29-28(34)35-17-24-22-12-5-3-10-20(22)21-11-4-6-13-23(21)24/h3-13,16,24-26,31-32H,14-15,17H2,1-2H3,(H,29,34). The smallest absolute Gasteiger partial charge is 0.407 e. The van der Waals surface area contributed by atoms with Crippen LogP contribution in [-0.2, 0) is 4.74 Å². The minimum atomic E-state index is -1.19. The number of amides is 2. The fourth-order valence-electron chi connectivity index (χ4n) is 4.47. The van der Waals surface area contributed by atoms with Crippen LogP contribution >= 0.6 is 0 Å². The zero-order valence-corrected chi connectivity index (χ0v) is 19.8. The summed E-state index contributed by atoms with van der Waals surface area (Å²) in [5, 5.41) is 23.6. The molecule has 0 aliphatic heterocycles. The maximum Gasteiger partial charge on any atom is 0.407 e. The van der Waals surface area contributed by atoms with Crippen molar-refractivity contribution >= 4 is 12.0 Å². The predicted molar refractivity (Wildman–Crippen MR) is 133 cm³/mol. The number of alkyl carbamates (subject to hydrolysis) is 1. The van der Waals surface area contributed by atoms with Gasteiger partial charge >= 0.3 is 6.09 Å².